The van der Waals surface area contributed by atoms with Crippen molar-refractivity contribution in [3.8, 4) is 10.7 Å². The Balaban J connectivity index is 1.57. The summed E-state index contributed by atoms with van der Waals surface area (Å²) < 4.78 is 0. The van der Waals surface area contributed by atoms with Crippen LogP contribution in [-0.2, 0) is 9.59 Å². The van der Waals surface area contributed by atoms with E-state index in [4.69, 9.17) is 0 Å². The number of nitrogens with one attached hydrogen (secondary N) is 3. The summed E-state index contributed by atoms with van der Waals surface area (Å²) in [6.07, 6.45) is 0. The molecule has 2 aromatic heterocycles. The van der Waals surface area contributed by atoms with Gasteiger partial charge in [-0.2, -0.15) is 0 Å². The van der Waals surface area contributed by atoms with Crippen LogP contribution in [0.25, 0.3) is 10.7 Å². The zero-order valence-electron chi connectivity index (χ0n) is 14.1. The number of hydrogen-bond donors (Lipinski definition) is 3. The monoisotopic (exact) mass is 387 g/mol. The molecule has 0 fully saturated rings. The molecule has 0 unspecified atom stereocenters. The van der Waals surface area contributed by atoms with Gasteiger partial charge in [-0.1, -0.05) is 17.8 Å². The maximum Gasteiger partial charge on any atom is 0.237 e. The van der Waals surface area contributed by atoms with Crippen molar-refractivity contribution in [2.45, 2.75) is 24.3 Å². The van der Waals surface area contributed by atoms with Crippen LogP contribution in [0.3, 0.4) is 0 Å². The number of aromatic nitrogens is 3. The van der Waals surface area contributed by atoms with Crippen molar-refractivity contribution in [2.75, 3.05) is 10.6 Å². The normalized spacial score (nSPS) is 11.8. The molecule has 0 saturated heterocycles. The number of amides is 2. The Hall–Kier alpha value is -2.65. The highest BCUT2D eigenvalue weighted by Gasteiger charge is 2.18. The van der Waals surface area contributed by atoms with Gasteiger partial charge in [-0.3, -0.25) is 14.7 Å². The Morgan fingerprint density at radius 1 is 1.15 bits per heavy atom. The summed E-state index contributed by atoms with van der Waals surface area (Å²) in [5.74, 6) is 0.411. The first kappa shape index (κ1) is 18.2. The van der Waals surface area contributed by atoms with Crippen LogP contribution >= 0.6 is 23.1 Å². The second-order valence-electron chi connectivity index (χ2n) is 5.45. The maximum atomic E-state index is 12.3. The summed E-state index contributed by atoms with van der Waals surface area (Å²) in [7, 11) is 0. The van der Waals surface area contributed by atoms with Crippen LogP contribution in [0.1, 0.15) is 13.8 Å². The number of thiophene rings is 1. The molecular formula is C17H17N5O2S2. The summed E-state index contributed by atoms with van der Waals surface area (Å²) in [5.41, 5.74) is 1.34. The molecule has 9 heteroatoms. The lowest BCUT2D eigenvalue weighted by molar-refractivity contribution is -0.115. The first-order chi connectivity index (χ1) is 12.5. The molecule has 0 aliphatic carbocycles. The molecule has 1 atom stereocenters. The predicted octanol–water partition coefficient (Wildman–Crippen LogP) is 3.61. The van der Waals surface area contributed by atoms with Gasteiger partial charge in [0.1, 0.15) is 0 Å². The highest BCUT2D eigenvalue weighted by molar-refractivity contribution is 8.00. The number of benzene rings is 1. The lowest BCUT2D eigenvalue weighted by Crippen LogP contribution is -2.22. The van der Waals surface area contributed by atoms with Crippen LogP contribution < -0.4 is 10.6 Å². The molecule has 134 valence electrons. The van der Waals surface area contributed by atoms with Crippen molar-refractivity contribution in [3.05, 3.63) is 41.8 Å². The minimum atomic E-state index is -0.364. The summed E-state index contributed by atoms with van der Waals surface area (Å²) in [5, 5.41) is 14.7. The van der Waals surface area contributed by atoms with Gasteiger partial charge in [-0.05, 0) is 42.6 Å². The minimum Gasteiger partial charge on any atom is -0.326 e. The Morgan fingerprint density at radius 2 is 1.85 bits per heavy atom. The van der Waals surface area contributed by atoms with Gasteiger partial charge >= 0.3 is 0 Å². The van der Waals surface area contributed by atoms with E-state index in [9.17, 15) is 9.59 Å². The first-order valence-corrected chi connectivity index (χ1v) is 9.58. The number of H-pyrrole nitrogens is 1. The number of carbonyl (C=O) groups excluding carboxylic acids is 2. The summed E-state index contributed by atoms with van der Waals surface area (Å²) >= 11 is 2.86. The van der Waals surface area contributed by atoms with E-state index in [1.54, 1.807) is 42.5 Å². The van der Waals surface area contributed by atoms with Crippen LogP contribution in [0, 0.1) is 0 Å². The summed E-state index contributed by atoms with van der Waals surface area (Å²) in [6.45, 7) is 3.24. The second-order valence-corrected chi connectivity index (χ2v) is 7.71. The first-order valence-electron chi connectivity index (χ1n) is 7.83. The van der Waals surface area contributed by atoms with Crippen molar-refractivity contribution in [1.82, 2.24) is 15.2 Å². The van der Waals surface area contributed by atoms with Gasteiger partial charge in [0.15, 0.2) is 5.82 Å². The standard InChI is InChI=1S/C17H17N5O2S2/c1-10(26-17-20-15(21-22-17)14-4-3-9-25-14)16(24)19-13-7-5-12(6-8-13)18-11(2)23/h3-10H,1-2H3,(H,18,23)(H,19,24)(H,20,21,22)/t10-/m0/s1. The van der Waals surface area contributed by atoms with E-state index in [1.807, 2.05) is 17.5 Å². The molecule has 26 heavy (non-hydrogen) atoms. The molecule has 0 spiro atoms. The van der Waals surface area contributed by atoms with E-state index < -0.39 is 0 Å². The largest absolute Gasteiger partial charge is 0.326 e. The average molecular weight is 387 g/mol. The number of aromatic amines is 1. The Morgan fingerprint density at radius 3 is 2.46 bits per heavy atom. The fraction of sp³-hybridized carbons (Fsp3) is 0.176. The number of carbonyl (C=O) groups is 2. The fourth-order valence-corrected chi connectivity index (χ4v) is 3.51. The van der Waals surface area contributed by atoms with Gasteiger partial charge in [-0.15, -0.1) is 16.4 Å². The van der Waals surface area contributed by atoms with Gasteiger partial charge in [0.2, 0.25) is 17.0 Å². The molecule has 0 bridgehead atoms. The van der Waals surface area contributed by atoms with E-state index in [0.29, 0.717) is 22.4 Å². The van der Waals surface area contributed by atoms with Crippen molar-refractivity contribution in [1.29, 1.82) is 0 Å². The van der Waals surface area contributed by atoms with Gasteiger partial charge in [0.25, 0.3) is 0 Å². The van der Waals surface area contributed by atoms with Crippen molar-refractivity contribution < 1.29 is 9.59 Å². The zero-order chi connectivity index (χ0) is 18.5. The van der Waals surface area contributed by atoms with E-state index in [0.717, 1.165) is 4.88 Å². The molecular weight excluding hydrogens is 370 g/mol. The SMILES string of the molecule is CC(=O)Nc1ccc(NC(=O)[C@H](C)Sc2n[nH]c(-c3cccs3)n2)cc1. The zero-order valence-corrected chi connectivity index (χ0v) is 15.8. The molecule has 2 heterocycles. The molecule has 3 rings (SSSR count). The predicted molar refractivity (Wildman–Crippen MR) is 104 cm³/mol. The summed E-state index contributed by atoms with van der Waals surface area (Å²) in [4.78, 5) is 28.8. The topological polar surface area (TPSA) is 99.8 Å². The Bertz CT molecular complexity index is 890. The highest BCUT2D eigenvalue weighted by atomic mass is 32.2. The maximum absolute atomic E-state index is 12.3. The number of rotatable bonds is 6. The van der Waals surface area contributed by atoms with E-state index in [-0.39, 0.29) is 17.1 Å². The molecule has 2 amide bonds. The Kier molecular flexibility index (Phi) is 5.69. The number of anilines is 2. The van der Waals surface area contributed by atoms with Crippen molar-refractivity contribution in [2.24, 2.45) is 0 Å². The fourth-order valence-electron chi connectivity index (χ4n) is 2.12. The highest BCUT2D eigenvalue weighted by Crippen LogP contribution is 2.26. The molecule has 0 aliphatic heterocycles. The van der Waals surface area contributed by atoms with Crippen LogP contribution in [0.2, 0.25) is 0 Å². The molecule has 0 radical (unpaired) electrons. The van der Waals surface area contributed by atoms with Gasteiger partial charge in [-0.25, -0.2) is 4.98 Å². The van der Waals surface area contributed by atoms with Crippen LogP contribution in [0.4, 0.5) is 11.4 Å². The third-order valence-corrected chi connectivity index (χ3v) is 5.18. The van der Waals surface area contributed by atoms with Gasteiger partial charge < -0.3 is 10.6 Å². The van der Waals surface area contributed by atoms with Crippen LogP contribution in [0.15, 0.2) is 46.9 Å². The third kappa shape index (κ3) is 4.70. The quantitative estimate of drug-likeness (QED) is 0.561. The smallest absolute Gasteiger partial charge is 0.237 e. The number of hydrogen-bond acceptors (Lipinski definition) is 6. The van der Waals surface area contributed by atoms with E-state index >= 15 is 0 Å². The third-order valence-electron chi connectivity index (χ3n) is 3.34. The number of nitrogens with zero attached hydrogens (tertiary/aromatic N) is 2. The molecule has 7 nitrogen and oxygen atoms in total. The van der Waals surface area contributed by atoms with Crippen molar-refractivity contribution >= 4 is 46.3 Å². The summed E-state index contributed by atoms with van der Waals surface area (Å²) in [6, 6.07) is 10.8. The lowest BCUT2D eigenvalue weighted by Gasteiger charge is -2.10. The molecule has 1 aromatic carbocycles. The van der Waals surface area contributed by atoms with E-state index in [1.165, 1.54) is 18.7 Å². The molecule has 3 aromatic rings. The lowest BCUT2D eigenvalue weighted by atomic mass is 10.2. The minimum absolute atomic E-state index is 0.139. The number of thioether (sulfide) groups is 1. The van der Waals surface area contributed by atoms with Crippen LogP contribution in [-0.4, -0.2) is 32.2 Å². The Labute approximate surface area is 158 Å². The van der Waals surface area contributed by atoms with E-state index in [2.05, 4.69) is 25.8 Å². The van der Waals surface area contributed by atoms with Gasteiger partial charge in [0, 0.05) is 18.3 Å². The molecule has 3 N–H and O–H groups in total. The average Bonchev–Trinajstić information content (AvgIpc) is 3.27. The van der Waals surface area contributed by atoms with Gasteiger partial charge in [0.05, 0.1) is 10.1 Å². The van der Waals surface area contributed by atoms with Crippen LogP contribution in [0.5, 0.6) is 0 Å². The van der Waals surface area contributed by atoms with Crippen molar-refractivity contribution in [3.63, 3.8) is 0 Å². The molecule has 0 aliphatic rings. The molecule has 0 saturated carbocycles. The second kappa shape index (κ2) is 8.15.